The van der Waals surface area contributed by atoms with Gasteiger partial charge < -0.3 is 14.5 Å². The second-order valence-electron chi connectivity index (χ2n) is 8.25. The maximum Gasteiger partial charge on any atom is 0.409 e. The SMILES string of the molecule is CCOC(=O)N1CCCC(N2CCC(n3cc(-c4ccc(Cl)cc4)cn3)CC2)CC1. The molecule has 0 bridgehead atoms. The summed E-state index contributed by atoms with van der Waals surface area (Å²) in [6.45, 7) is 6.09. The molecule has 1 unspecified atom stereocenters. The van der Waals surface area contributed by atoms with E-state index in [-0.39, 0.29) is 6.09 Å². The van der Waals surface area contributed by atoms with Crippen molar-refractivity contribution in [2.45, 2.75) is 51.1 Å². The number of likely N-dealkylation sites (tertiary alicyclic amines) is 2. The minimum Gasteiger partial charge on any atom is -0.450 e. The summed E-state index contributed by atoms with van der Waals surface area (Å²) in [6.07, 6.45) is 9.41. The summed E-state index contributed by atoms with van der Waals surface area (Å²) in [6, 6.07) is 8.93. The molecule has 2 aliphatic heterocycles. The zero-order valence-corrected chi connectivity index (χ0v) is 18.4. The quantitative estimate of drug-likeness (QED) is 0.695. The van der Waals surface area contributed by atoms with E-state index in [1.165, 1.54) is 0 Å². The van der Waals surface area contributed by atoms with Crippen LogP contribution in [0.3, 0.4) is 0 Å². The molecule has 2 fully saturated rings. The highest BCUT2D eigenvalue weighted by molar-refractivity contribution is 6.30. The average molecular weight is 431 g/mol. The number of nitrogens with zero attached hydrogens (tertiary/aromatic N) is 4. The van der Waals surface area contributed by atoms with Crippen molar-refractivity contribution in [3.05, 3.63) is 41.7 Å². The Morgan fingerprint density at radius 3 is 2.50 bits per heavy atom. The normalized spacial score (nSPS) is 21.4. The molecule has 4 rings (SSSR count). The molecule has 1 aromatic heterocycles. The molecular weight excluding hydrogens is 400 g/mol. The standard InChI is InChI=1S/C23H31ClN4O2/c1-2-30-23(29)27-12-3-4-21(9-15-27)26-13-10-22(11-14-26)28-17-19(16-25-28)18-5-7-20(24)8-6-18/h5-8,16-17,21-22H,2-4,9-15H2,1H3. The smallest absolute Gasteiger partial charge is 0.409 e. The zero-order valence-electron chi connectivity index (χ0n) is 17.7. The van der Waals surface area contributed by atoms with E-state index in [9.17, 15) is 4.79 Å². The number of benzene rings is 1. The zero-order chi connectivity index (χ0) is 20.9. The van der Waals surface area contributed by atoms with E-state index in [1.807, 2.05) is 42.3 Å². The Hall–Kier alpha value is -2.05. The Balaban J connectivity index is 1.30. The number of rotatable bonds is 4. The van der Waals surface area contributed by atoms with Crippen molar-refractivity contribution in [1.29, 1.82) is 0 Å². The summed E-state index contributed by atoms with van der Waals surface area (Å²) >= 11 is 6.00. The minimum absolute atomic E-state index is 0.160. The van der Waals surface area contributed by atoms with Crippen molar-refractivity contribution in [3.8, 4) is 11.1 Å². The molecule has 1 atom stereocenters. The lowest BCUT2D eigenvalue weighted by molar-refractivity contribution is 0.103. The van der Waals surface area contributed by atoms with E-state index in [2.05, 4.69) is 20.9 Å². The molecule has 30 heavy (non-hydrogen) atoms. The van der Waals surface area contributed by atoms with Crippen LogP contribution < -0.4 is 0 Å². The maximum absolute atomic E-state index is 12.0. The molecule has 2 aliphatic rings. The number of ether oxygens (including phenoxy) is 1. The summed E-state index contributed by atoms with van der Waals surface area (Å²) in [5, 5.41) is 5.40. The highest BCUT2D eigenvalue weighted by Gasteiger charge is 2.29. The first kappa shape index (κ1) is 21.2. The first-order valence-corrected chi connectivity index (χ1v) is 11.5. The monoisotopic (exact) mass is 430 g/mol. The lowest BCUT2D eigenvalue weighted by Gasteiger charge is -2.37. The fourth-order valence-electron chi connectivity index (χ4n) is 4.69. The van der Waals surface area contributed by atoms with Crippen molar-refractivity contribution >= 4 is 17.7 Å². The second kappa shape index (κ2) is 9.84. The van der Waals surface area contributed by atoms with Crippen LogP contribution in [-0.4, -0.2) is 64.5 Å². The molecule has 0 N–H and O–H groups in total. The first-order valence-electron chi connectivity index (χ1n) is 11.1. The summed E-state index contributed by atoms with van der Waals surface area (Å²) < 4.78 is 7.31. The molecule has 0 saturated carbocycles. The van der Waals surface area contributed by atoms with E-state index in [1.54, 1.807) is 0 Å². The molecule has 2 saturated heterocycles. The third-order valence-electron chi connectivity index (χ3n) is 6.39. The van der Waals surface area contributed by atoms with Crippen LogP contribution in [0.1, 0.15) is 45.1 Å². The Kier molecular flexibility index (Phi) is 6.95. The van der Waals surface area contributed by atoms with Crippen molar-refractivity contribution in [2.24, 2.45) is 0 Å². The van der Waals surface area contributed by atoms with E-state index in [0.717, 1.165) is 74.4 Å². The summed E-state index contributed by atoms with van der Waals surface area (Å²) in [7, 11) is 0. The Morgan fingerprint density at radius 2 is 1.77 bits per heavy atom. The average Bonchev–Trinajstić information content (AvgIpc) is 3.12. The van der Waals surface area contributed by atoms with Crippen LogP contribution in [0.5, 0.6) is 0 Å². The third-order valence-corrected chi connectivity index (χ3v) is 6.64. The van der Waals surface area contributed by atoms with Gasteiger partial charge in [-0.25, -0.2) is 4.79 Å². The molecule has 3 heterocycles. The van der Waals surface area contributed by atoms with Crippen molar-refractivity contribution in [1.82, 2.24) is 19.6 Å². The second-order valence-corrected chi connectivity index (χ2v) is 8.69. The Labute approximate surface area is 183 Å². The molecule has 0 aliphatic carbocycles. The predicted octanol–water partition coefficient (Wildman–Crippen LogP) is 4.85. The number of hydrogen-bond donors (Lipinski definition) is 0. The van der Waals surface area contributed by atoms with E-state index < -0.39 is 0 Å². The lowest BCUT2D eigenvalue weighted by atomic mass is 10.00. The molecule has 1 aromatic carbocycles. The van der Waals surface area contributed by atoms with Crippen molar-refractivity contribution in [2.75, 3.05) is 32.8 Å². The Morgan fingerprint density at radius 1 is 1.03 bits per heavy atom. The van der Waals surface area contributed by atoms with Crippen LogP contribution in [0.2, 0.25) is 5.02 Å². The van der Waals surface area contributed by atoms with Gasteiger partial charge in [-0.15, -0.1) is 0 Å². The molecular formula is C23H31ClN4O2. The van der Waals surface area contributed by atoms with Crippen LogP contribution in [0.15, 0.2) is 36.7 Å². The molecule has 7 heteroatoms. The number of carbonyl (C=O) groups is 1. The largest absolute Gasteiger partial charge is 0.450 e. The van der Waals surface area contributed by atoms with Gasteiger partial charge >= 0.3 is 6.09 Å². The van der Waals surface area contributed by atoms with Crippen molar-refractivity contribution in [3.63, 3.8) is 0 Å². The van der Waals surface area contributed by atoms with Gasteiger partial charge in [-0.1, -0.05) is 23.7 Å². The van der Waals surface area contributed by atoms with Crippen LogP contribution in [0.4, 0.5) is 4.79 Å². The maximum atomic E-state index is 12.0. The number of hydrogen-bond acceptors (Lipinski definition) is 4. The van der Waals surface area contributed by atoms with Gasteiger partial charge in [0.25, 0.3) is 0 Å². The van der Waals surface area contributed by atoms with Crippen molar-refractivity contribution < 1.29 is 9.53 Å². The fourth-order valence-corrected chi connectivity index (χ4v) is 4.81. The summed E-state index contributed by atoms with van der Waals surface area (Å²) in [4.78, 5) is 16.5. The summed E-state index contributed by atoms with van der Waals surface area (Å²) in [5.41, 5.74) is 2.28. The molecule has 2 aromatic rings. The highest BCUT2D eigenvalue weighted by Crippen LogP contribution is 2.29. The molecule has 0 spiro atoms. The topological polar surface area (TPSA) is 50.6 Å². The first-order chi connectivity index (χ1) is 14.6. The number of carbonyl (C=O) groups excluding carboxylic acids is 1. The molecule has 162 valence electrons. The van der Waals surface area contributed by atoms with Gasteiger partial charge in [0.1, 0.15) is 0 Å². The molecule has 1 amide bonds. The number of halogens is 1. The number of amides is 1. The van der Waals surface area contributed by atoms with Gasteiger partial charge in [0.05, 0.1) is 18.8 Å². The Bertz CT molecular complexity index is 830. The van der Waals surface area contributed by atoms with E-state index >= 15 is 0 Å². The van der Waals surface area contributed by atoms with E-state index in [4.69, 9.17) is 16.3 Å². The van der Waals surface area contributed by atoms with Gasteiger partial charge in [0, 0.05) is 49.0 Å². The number of aromatic nitrogens is 2. The van der Waals surface area contributed by atoms with Crippen LogP contribution in [-0.2, 0) is 4.74 Å². The number of piperidine rings is 1. The highest BCUT2D eigenvalue weighted by atomic mass is 35.5. The van der Waals surface area contributed by atoms with Gasteiger partial charge in [-0.2, -0.15) is 5.10 Å². The van der Waals surface area contributed by atoms with Gasteiger partial charge in [0.2, 0.25) is 0 Å². The van der Waals surface area contributed by atoms with Crippen LogP contribution in [0, 0.1) is 0 Å². The minimum atomic E-state index is -0.160. The molecule has 6 nitrogen and oxygen atoms in total. The van der Waals surface area contributed by atoms with E-state index in [0.29, 0.717) is 18.7 Å². The third kappa shape index (κ3) is 4.98. The molecule has 0 radical (unpaired) electrons. The summed E-state index contributed by atoms with van der Waals surface area (Å²) in [5.74, 6) is 0. The van der Waals surface area contributed by atoms with Crippen LogP contribution in [0.25, 0.3) is 11.1 Å². The fraction of sp³-hybridized carbons (Fsp3) is 0.565. The van der Waals surface area contributed by atoms with Gasteiger partial charge in [-0.05, 0) is 56.7 Å². The predicted molar refractivity (Wildman–Crippen MR) is 119 cm³/mol. The lowest BCUT2D eigenvalue weighted by Crippen LogP contribution is -2.42. The van der Waals surface area contributed by atoms with Gasteiger partial charge in [-0.3, -0.25) is 4.68 Å². The van der Waals surface area contributed by atoms with Crippen LogP contribution >= 0.6 is 11.6 Å². The van der Waals surface area contributed by atoms with Gasteiger partial charge in [0.15, 0.2) is 0 Å².